The van der Waals surface area contributed by atoms with Crippen molar-refractivity contribution in [2.24, 2.45) is 4.99 Å². The lowest BCUT2D eigenvalue weighted by molar-refractivity contribution is -0.383. The number of unbranched alkanes of at least 4 members (excludes halogenated alkanes) is 3. The van der Waals surface area contributed by atoms with Crippen molar-refractivity contribution in [3.8, 4) is 0 Å². The summed E-state index contributed by atoms with van der Waals surface area (Å²) in [6.45, 7) is 6.27. The van der Waals surface area contributed by atoms with Crippen LogP contribution >= 0.6 is 0 Å². The minimum absolute atomic E-state index is 0.0513. The van der Waals surface area contributed by atoms with Gasteiger partial charge in [0.05, 0.1) is 10.6 Å². The van der Waals surface area contributed by atoms with Gasteiger partial charge in [-0.2, -0.15) is 0 Å². The predicted molar refractivity (Wildman–Crippen MR) is 74.9 cm³/mol. The van der Waals surface area contributed by atoms with Crippen LogP contribution in [-0.4, -0.2) is 18.2 Å². The smallest absolute Gasteiger partial charge is 0.294 e. The summed E-state index contributed by atoms with van der Waals surface area (Å²) in [6, 6.07) is 4.83. The second-order valence-electron chi connectivity index (χ2n) is 4.10. The minimum Gasteiger partial charge on any atom is -0.379 e. The average Bonchev–Trinajstić information content (AvgIpc) is 2.38. The lowest BCUT2D eigenvalue weighted by atomic mass is 10.2. The van der Waals surface area contributed by atoms with Crippen molar-refractivity contribution in [1.29, 1.82) is 0 Å². The van der Waals surface area contributed by atoms with Gasteiger partial charge in [-0.1, -0.05) is 26.2 Å². The highest BCUT2D eigenvalue weighted by Gasteiger charge is 2.13. The van der Waals surface area contributed by atoms with Crippen molar-refractivity contribution < 1.29 is 4.92 Å². The molecule has 1 aromatic rings. The van der Waals surface area contributed by atoms with Gasteiger partial charge in [0.15, 0.2) is 0 Å². The van der Waals surface area contributed by atoms with Gasteiger partial charge in [-0.25, -0.2) is 0 Å². The molecule has 0 amide bonds. The van der Waals surface area contributed by atoms with Gasteiger partial charge in [0.2, 0.25) is 0 Å². The maximum Gasteiger partial charge on any atom is 0.294 e. The standard InChI is InChI=1S/C13H19N3O2/c1-3-4-5-6-9-15-12-8-7-11(14-2)10-13(12)16(17)18/h7-8,10,15H,2-6,9H2,1H3. The van der Waals surface area contributed by atoms with Crippen molar-refractivity contribution >= 4 is 23.8 Å². The molecule has 0 aromatic heterocycles. The van der Waals surface area contributed by atoms with E-state index >= 15 is 0 Å². The minimum atomic E-state index is -0.400. The van der Waals surface area contributed by atoms with Crippen LogP contribution in [0.1, 0.15) is 32.6 Å². The van der Waals surface area contributed by atoms with Crippen LogP contribution in [0.15, 0.2) is 23.2 Å². The first-order chi connectivity index (χ1) is 8.69. The lowest BCUT2D eigenvalue weighted by Gasteiger charge is -2.07. The normalized spacial score (nSPS) is 10.1. The summed E-state index contributed by atoms with van der Waals surface area (Å²) < 4.78 is 0. The first-order valence-corrected chi connectivity index (χ1v) is 6.18. The Bertz CT molecular complexity index is 419. The molecular weight excluding hydrogens is 230 g/mol. The zero-order chi connectivity index (χ0) is 13.4. The highest BCUT2D eigenvalue weighted by atomic mass is 16.6. The van der Waals surface area contributed by atoms with Crippen LogP contribution < -0.4 is 5.32 Å². The SMILES string of the molecule is C=Nc1ccc(NCCCCCC)c([N+](=O)[O-])c1. The molecule has 5 heteroatoms. The Labute approximate surface area is 107 Å². The molecule has 0 atom stereocenters. The van der Waals surface area contributed by atoms with E-state index < -0.39 is 4.92 Å². The summed E-state index contributed by atoms with van der Waals surface area (Å²) in [4.78, 5) is 14.2. The van der Waals surface area contributed by atoms with Crippen LogP contribution in [0.5, 0.6) is 0 Å². The van der Waals surface area contributed by atoms with Crippen molar-refractivity contribution in [3.05, 3.63) is 28.3 Å². The molecule has 0 aliphatic heterocycles. The average molecular weight is 249 g/mol. The number of benzene rings is 1. The third kappa shape index (κ3) is 4.16. The fourth-order valence-electron chi connectivity index (χ4n) is 1.69. The summed E-state index contributed by atoms with van der Waals surface area (Å²) >= 11 is 0. The lowest BCUT2D eigenvalue weighted by Crippen LogP contribution is -2.04. The molecule has 0 aliphatic carbocycles. The number of nitrogens with zero attached hydrogens (tertiary/aromatic N) is 2. The molecule has 0 unspecified atom stereocenters. The first-order valence-electron chi connectivity index (χ1n) is 6.18. The molecule has 0 radical (unpaired) electrons. The van der Waals surface area contributed by atoms with Gasteiger partial charge in [0.1, 0.15) is 5.69 Å². The van der Waals surface area contributed by atoms with Gasteiger partial charge in [-0.05, 0) is 25.3 Å². The summed E-state index contributed by atoms with van der Waals surface area (Å²) in [5, 5.41) is 14.0. The van der Waals surface area contributed by atoms with E-state index in [1.54, 1.807) is 12.1 Å². The Morgan fingerprint density at radius 2 is 2.17 bits per heavy atom. The van der Waals surface area contributed by atoms with Gasteiger partial charge < -0.3 is 5.32 Å². The molecule has 0 bridgehead atoms. The van der Waals surface area contributed by atoms with E-state index in [1.807, 2.05) is 0 Å². The van der Waals surface area contributed by atoms with Gasteiger partial charge in [-0.3, -0.25) is 15.1 Å². The Hall–Kier alpha value is -1.91. The number of rotatable bonds is 8. The molecule has 0 aliphatic rings. The second kappa shape index (κ2) is 7.42. The van der Waals surface area contributed by atoms with Crippen LogP contribution in [0.4, 0.5) is 17.1 Å². The fourth-order valence-corrected chi connectivity index (χ4v) is 1.69. The Kier molecular flexibility index (Phi) is 5.84. The van der Waals surface area contributed by atoms with Crippen molar-refractivity contribution in [2.45, 2.75) is 32.6 Å². The second-order valence-corrected chi connectivity index (χ2v) is 4.10. The zero-order valence-corrected chi connectivity index (χ0v) is 10.7. The van der Waals surface area contributed by atoms with Crippen molar-refractivity contribution in [3.63, 3.8) is 0 Å². The fraction of sp³-hybridized carbons (Fsp3) is 0.462. The summed E-state index contributed by atoms with van der Waals surface area (Å²) in [7, 11) is 0. The highest BCUT2D eigenvalue weighted by Crippen LogP contribution is 2.28. The summed E-state index contributed by atoms with van der Waals surface area (Å²) in [5.74, 6) is 0. The quantitative estimate of drug-likeness (QED) is 0.328. The number of nitrogens with one attached hydrogen (secondary N) is 1. The molecule has 0 fully saturated rings. The van der Waals surface area contributed by atoms with E-state index in [0.717, 1.165) is 19.4 Å². The molecule has 1 rings (SSSR count). The molecule has 18 heavy (non-hydrogen) atoms. The Morgan fingerprint density at radius 3 is 2.78 bits per heavy atom. The predicted octanol–water partition coefficient (Wildman–Crippen LogP) is 3.92. The van der Waals surface area contributed by atoms with Gasteiger partial charge in [-0.15, -0.1) is 0 Å². The molecule has 1 aromatic carbocycles. The van der Waals surface area contributed by atoms with Gasteiger partial charge >= 0.3 is 0 Å². The number of hydrogen-bond acceptors (Lipinski definition) is 4. The highest BCUT2D eigenvalue weighted by molar-refractivity contribution is 5.67. The number of hydrogen-bond donors (Lipinski definition) is 1. The van der Waals surface area contributed by atoms with Crippen LogP contribution in [0.25, 0.3) is 0 Å². The van der Waals surface area contributed by atoms with Crippen LogP contribution in [0.2, 0.25) is 0 Å². The number of nitro benzene ring substituents is 1. The number of aliphatic imine (C=N–C) groups is 1. The van der Waals surface area contributed by atoms with Crippen molar-refractivity contribution in [1.82, 2.24) is 0 Å². The van der Waals surface area contributed by atoms with E-state index in [0.29, 0.717) is 11.4 Å². The molecule has 0 saturated carbocycles. The van der Waals surface area contributed by atoms with E-state index in [2.05, 4.69) is 24.0 Å². The third-order valence-corrected chi connectivity index (χ3v) is 2.71. The van der Waals surface area contributed by atoms with Crippen LogP contribution in [-0.2, 0) is 0 Å². The summed E-state index contributed by atoms with van der Waals surface area (Å²) in [6.07, 6.45) is 4.54. The Balaban J connectivity index is 2.64. The molecule has 5 nitrogen and oxygen atoms in total. The largest absolute Gasteiger partial charge is 0.379 e. The van der Waals surface area contributed by atoms with Gasteiger partial charge in [0.25, 0.3) is 5.69 Å². The number of nitro groups is 1. The van der Waals surface area contributed by atoms with Crippen LogP contribution in [0, 0.1) is 10.1 Å². The van der Waals surface area contributed by atoms with E-state index in [-0.39, 0.29) is 5.69 Å². The third-order valence-electron chi connectivity index (χ3n) is 2.71. The van der Waals surface area contributed by atoms with Crippen molar-refractivity contribution in [2.75, 3.05) is 11.9 Å². The van der Waals surface area contributed by atoms with Gasteiger partial charge in [0, 0.05) is 12.6 Å². The summed E-state index contributed by atoms with van der Waals surface area (Å²) in [5.41, 5.74) is 1.11. The maximum absolute atomic E-state index is 10.9. The maximum atomic E-state index is 10.9. The van der Waals surface area contributed by atoms with Crippen LogP contribution in [0.3, 0.4) is 0 Å². The zero-order valence-electron chi connectivity index (χ0n) is 10.7. The molecule has 1 N–H and O–H groups in total. The van der Waals surface area contributed by atoms with E-state index in [1.165, 1.54) is 18.9 Å². The van der Waals surface area contributed by atoms with E-state index in [4.69, 9.17) is 0 Å². The Morgan fingerprint density at radius 1 is 1.39 bits per heavy atom. The molecule has 0 saturated heterocycles. The molecular formula is C13H19N3O2. The topological polar surface area (TPSA) is 67.5 Å². The molecule has 0 heterocycles. The number of anilines is 1. The monoisotopic (exact) mass is 249 g/mol. The van der Waals surface area contributed by atoms with E-state index in [9.17, 15) is 10.1 Å². The molecule has 0 spiro atoms. The first kappa shape index (κ1) is 14.2. The molecule has 98 valence electrons.